The largest absolute Gasteiger partial charge is 0.496 e. The van der Waals surface area contributed by atoms with E-state index in [2.05, 4.69) is 6.07 Å². The normalized spacial score (nSPS) is 12.6. The van der Waals surface area contributed by atoms with Gasteiger partial charge in [0.05, 0.1) is 7.11 Å². The molecule has 0 saturated heterocycles. The monoisotopic (exact) mass is 230 g/mol. The Morgan fingerprint density at radius 1 is 1.12 bits per heavy atom. The Kier molecular flexibility index (Phi) is 3.61. The van der Waals surface area contributed by atoms with Gasteiger partial charge in [-0.25, -0.2) is 0 Å². The van der Waals surface area contributed by atoms with Gasteiger partial charge < -0.3 is 16.2 Å². The molecule has 1 atom stereocenters. The summed E-state index contributed by atoms with van der Waals surface area (Å²) in [5, 5.41) is 2.24. The SMILES string of the molecule is COc1ccc([C@H](N)CCN)c2ccccc12. The van der Waals surface area contributed by atoms with E-state index in [1.165, 1.54) is 0 Å². The van der Waals surface area contributed by atoms with Crippen molar-refractivity contribution in [2.75, 3.05) is 13.7 Å². The molecule has 0 spiro atoms. The minimum atomic E-state index is -0.0178. The molecule has 0 bridgehead atoms. The lowest BCUT2D eigenvalue weighted by molar-refractivity contribution is 0.419. The lowest BCUT2D eigenvalue weighted by atomic mass is 9.97. The maximum Gasteiger partial charge on any atom is 0.126 e. The smallest absolute Gasteiger partial charge is 0.126 e. The Morgan fingerprint density at radius 3 is 2.47 bits per heavy atom. The molecule has 3 heteroatoms. The number of nitrogens with two attached hydrogens (primary N) is 2. The Hall–Kier alpha value is -1.58. The summed E-state index contributed by atoms with van der Waals surface area (Å²) in [4.78, 5) is 0. The van der Waals surface area contributed by atoms with Gasteiger partial charge in [0.1, 0.15) is 5.75 Å². The molecule has 3 nitrogen and oxygen atoms in total. The molecule has 0 aromatic heterocycles. The Labute approximate surface area is 101 Å². The van der Waals surface area contributed by atoms with Crippen LogP contribution in [0.2, 0.25) is 0 Å². The molecule has 4 N–H and O–H groups in total. The van der Waals surface area contributed by atoms with Crippen LogP contribution in [0.3, 0.4) is 0 Å². The highest BCUT2D eigenvalue weighted by atomic mass is 16.5. The van der Waals surface area contributed by atoms with Gasteiger partial charge in [-0.15, -0.1) is 0 Å². The van der Waals surface area contributed by atoms with Crippen molar-refractivity contribution in [1.82, 2.24) is 0 Å². The minimum absolute atomic E-state index is 0.0178. The van der Waals surface area contributed by atoms with Gasteiger partial charge in [0.25, 0.3) is 0 Å². The summed E-state index contributed by atoms with van der Waals surface area (Å²) in [6, 6.07) is 12.1. The Morgan fingerprint density at radius 2 is 1.82 bits per heavy atom. The molecule has 2 rings (SSSR count). The van der Waals surface area contributed by atoms with E-state index in [0.29, 0.717) is 6.54 Å². The standard InChI is InChI=1S/C14H18N2O/c1-17-14-7-6-11(13(16)8-9-15)10-4-2-3-5-12(10)14/h2-7,13H,8-9,15-16H2,1H3/t13-/m1/s1. The number of methoxy groups -OCH3 is 1. The Balaban J connectivity index is 2.58. The van der Waals surface area contributed by atoms with Gasteiger partial charge in [0.2, 0.25) is 0 Å². The van der Waals surface area contributed by atoms with E-state index in [1.54, 1.807) is 7.11 Å². The fourth-order valence-electron chi connectivity index (χ4n) is 2.13. The number of fused-ring (bicyclic) bond motifs is 1. The van der Waals surface area contributed by atoms with Crippen LogP contribution in [0.25, 0.3) is 10.8 Å². The average molecular weight is 230 g/mol. The lowest BCUT2D eigenvalue weighted by Crippen LogP contribution is -2.15. The summed E-state index contributed by atoms with van der Waals surface area (Å²) < 4.78 is 5.36. The first-order valence-corrected chi connectivity index (χ1v) is 5.79. The van der Waals surface area contributed by atoms with Crippen molar-refractivity contribution in [2.24, 2.45) is 11.5 Å². The van der Waals surface area contributed by atoms with Crippen molar-refractivity contribution in [3.8, 4) is 5.75 Å². The molecular formula is C14H18N2O. The summed E-state index contributed by atoms with van der Waals surface area (Å²) >= 11 is 0. The van der Waals surface area contributed by atoms with Crippen molar-refractivity contribution < 1.29 is 4.74 Å². The number of hydrogen-bond acceptors (Lipinski definition) is 3. The molecule has 0 fully saturated rings. The molecule has 0 radical (unpaired) electrons. The molecule has 0 heterocycles. The summed E-state index contributed by atoms with van der Waals surface area (Å²) in [6.45, 7) is 0.599. The number of ether oxygens (including phenoxy) is 1. The zero-order valence-corrected chi connectivity index (χ0v) is 10.0. The van der Waals surface area contributed by atoms with Crippen molar-refractivity contribution >= 4 is 10.8 Å². The van der Waals surface area contributed by atoms with Crippen LogP contribution in [-0.4, -0.2) is 13.7 Å². The van der Waals surface area contributed by atoms with E-state index in [-0.39, 0.29) is 6.04 Å². The summed E-state index contributed by atoms with van der Waals surface area (Å²) in [5.41, 5.74) is 12.8. The summed E-state index contributed by atoms with van der Waals surface area (Å²) in [6.07, 6.45) is 0.788. The third kappa shape index (κ3) is 2.25. The van der Waals surface area contributed by atoms with Crippen LogP contribution in [0.1, 0.15) is 18.0 Å². The van der Waals surface area contributed by atoms with Crippen LogP contribution in [0.15, 0.2) is 36.4 Å². The molecular weight excluding hydrogens is 212 g/mol. The average Bonchev–Trinajstić information content (AvgIpc) is 2.37. The highest BCUT2D eigenvalue weighted by Gasteiger charge is 2.11. The lowest BCUT2D eigenvalue weighted by Gasteiger charge is -2.15. The van der Waals surface area contributed by atoms with Gasteiger partial charge >= 0.3 is 0 Å². The van der Waals surface area contributed by atoms with Gasteiger partial charge in [-0.05, 0) is 30.0 Å². The van der Waals surface area contributed by atoms with Gasteiger partial charge in [-0.1, -0.05) is 30.3 Å². The van der Waals surface area contributed by atoms with Crippen LogP contribution >= 0.6 is 0 Å². The van der Waals surface area contributed by atoms with E-state index < -0.39 is 0 Å². The van der Waals surface area contributed by atoms with Gasteiger partial charge in [0, 0.05) is 11.4 Å². The van der Waals surface area contributed by atoms with Crippen molar-refractivity contribution in [3.63, 3.8) is 0 Å². The number of rotatable bonds is 4. The van der Waals surface area contributed by atoms with E-state index in [9.17, 15) is 0 Å². The van der Waals surface area contributed by atoms with Crippen molar-refractivity contribution in [3.05, 3.63) is 42.0 Å². The third-order valence-corrected chi connectivity index (χ3v) is 3.01. The van der Waals surface area contributed by atoms with Gasteiger partial charge in [-0.2, -0.15) is 0 Å². The molecule has 0 aliphatic carbocycles. The van der Waals surface area contributed by atoms with Crippen LogP contribution in [0, 0.1) is 0 Å². The fourth-order valence-corrected chi connectivity index (χ4v) is 2.13. The minimum Gasteiger partial charge on any atom is -0.496 e. The molecule has 2 aromatic carbocycles. The first-order chi connectivity index (χ1) is 8.27. The topological polar surface area (TPSA) is 61.3 Å². The highest BCUT2D eigenvalue weighted by molar-refractivity contribution is 5.91. The van der Waals surface area contributed by atoms with Gasteiger partial charge in [0.15, 0.2) is 0 Å². The van der Waals surface area contributed by atoms with E-state index >= 15 is 0 Å². The second-order valence-electron chi connectivity index (χ2n) is 4.09. The molecule has 90 valence electrons. The molecule has 0 unspecified atom stereocenters. The van der Waals surface area contributed by atoms with Crippen molar-refractivity contribution in [2.45, 2.75) is 12.5 Å². The zero-order valence-electron chi connectivity index (χ0n) is 10.0. The molecule has 0 aliphatic rings. The van der Waals surface area contributed by atoms with Crippen LogP contribution < -0.4 is 16.2 Å². The summed E-state index contributed by atoms with van der Waals surface area (Å²) in [5.74, 6) is 0.879. The third-order valence-electron chi connectivity index (χ3n) is 3.01. The van der Waals surface area contributed by atoms with Crippen molar-refractivity contribution in [1.29, 1.82) is 0 Å². The van der Waals surface area contributed by atoms with Crippen LogP contribution in [0.4, 0.5) is 0 Å². The molecule has 2 aromatic rings. The number of hydrogen-bond donors (Lipinski definition) is 2. The van der Waals surface area contributed by atoms with E-state index in [4.69, 9.17) is 16.2 Å². The Bertz CT molecular complexity index is 511. The molecule has 0 amide bonds. The van der Waals surface area contributed by atoms with Gasteiger partial charge in [-0.3, -0.25) is 0 Å². The molecule has 0 saturated carbocycles. The number of benzene rings is 2. The van der Waals surface area contributed by atoms with Crippen LogP contribution in [0.5, 0.6) is 5.75 Å². The summed E-state index contributed by atoms with van der Waals surface area (Å²) in [7, 11) is 1.68. The second kappa shape index (κ2) is 5.17. The predicted octanol–water partition coefficient (Wildman–Crippen LogP) is 2.20. The first-order valence-electron chi connectivity index (χ1n) is 5.79. The van der Waals surface area contributed by atoms with E-state index in [1.807, 2.05) is 30.3 Å². The molecule has 17 heavy (non-hydrogen) atoms. The van der Waals surface area contributed by atoms with Crippen LogP contribution in [-0.2, 0) is 0 Å². The predicted molar refractivity (Wildman–Crippen MR) is 71.1 cm³/mol. The zero-order chi connectivity index (χ0) is 12.3. The quantitative estimate of drug-likeness (QED) is 0.846. The first kappa shape index (κ1) is 11.9. The fraction of sp³-hybridized carbons (Fsp3) is 0.286. The molecule has 0 aliphatic heterocycles. The highest BCUT2D eigenvalue weighted by Crippen LogP contribution is 2.31. The second-order valence-corrected chi connectivity index (χ2v) is 4.09. The maximum atomic E-state index is 6.14. The van der Waals surface area contributed by atoms with E-state index in [0.717, 1.165) is 28.5 Å². The maximum absolute atomic E-state index is 6.14.